The number of nitrogens with zero attached hydrogens (tertiary/aromatic N) is 5. The molecule has 0 unspecified atom stereocenters. The summed E-state index contributed by atoms with van der Waals surface area (Å²) >= 11 is 1.30. The Labute approximate surface area is 190 Å². The fraction of sp³-hybridized carbons (Fsp3) is 0.167. The van der Waals surface area contributed by atoms with E-state index in [4.69, 9.17) is 0 Å². The van der Waals surface area contributed by atoms with E-state index in [0.29, 0.717) is 16.4 Å². The first-order valence-electron chi connectivity index (χ1n) is 10.0. The maximum Gasteiger partial charge on any atom is 0.233 e. The van der Waals surface area contributed by atoms with E-state index in [-0.39, 0.29) is 17.5 Å². The fourth-order valence-corrected chi connectivity index (χ4v) is 4.24. The molecule has 2 aromatic carbocycles. The Bertz CT molecular complexity index is 1200. The Kier molecular flexibility index (Phi) is 6.61. The van der Waals surface area contributed by atoms with Crippen molar-refractivity contribution in [1.82, 2.24) is 24.6 Å². The smallest absolute Gasteiger partial charge is 0.233 e. The van der Waals surface area contributed by atoms with Crippen molar-refractivity contribution in [2.75, 3.05) is 12.8 Å². The minimum Gasteiger partial charge on any atom is -0.332 e. The molecule has 0 radical (unpaired) electrons. The van der Waals surface area contributed by atoms with Crippen LogP contribution in [0.5, 0.6) is 0 Å². The van der Waals surface area contributed by atoms with Gasteiger partial charge < -0.3 is 4.90 Å². The van der Waals surface area contributed by atoms with Crippen molar-refractivity contribution in [1.29, 1.82) is 0 Å². The predicted molar refractivity (Wildman–Crippen MR) is 122 cm³/mol. The van der Waals surface area contributed by atoms with E-state index in [1.807, 2.05) is 54.0 Å². The number of benzene rings is 2. The van der Waals surface area contributed by atoms with Gasteiger partial charge in [-0.3, -0.25) is 14.3 Å². The molecule has 2 aromatic heterocycles. The normalized spacial score (nSPS) is 11.8. The van der Waals surface area contributed by atoms with Crippen molar-refractivity contribution >= 4 is 17.7 Å². The van der Waals surface area contributed by atoms with Gasteiger partial charge >= 0.3 is 0 Å². The van der Waals surface area contributed by atoms with Gasteiger partial charge in [0.15, 0.2) is 5.16 Å². The highest BCUT2D eigenvalue weighted by atomic mass is 32.2. The number of halogens is 1. The van der Waals surface area contributed by atoms with Gasteiger partial charge in [0.2, 0.25) is 5.91 Å². The summed E-state index contributed by atoms with van der Waals surface area (Å²) in [4.78, 5) is 19.1. The van der Waals surface area contributed by atoms with Gasteiger partial charge in [0.05, 0.1) is 17.5 Å². The summed E-state index contributed by atoms with van der Waals surface area (Å²) in [6, 6.07) is 19.2. The van der Waals surface area contributed by atoms with Gasteiger partial charge in [-0.15, -0.1) is 10.2 Å². The second kappa shape index (κ2) is 9.74. The van der Waals surface area contributed by atoms with Crippen molar-refractivity contribution in [2.45, 2.75) is 18.1 Å². The Morgan fingerprint density at radius 3 is 2.66 bits per heavy atom. The summed E-state index contributed by atoms with van der Waals surface area (Å²) in [6.07, 6.45) is 3.30. The fourth-order valence-electron chi connectivity index (χ4n) is 3.38. The van der Waals surface area contributed by atoms with Crippen LogP contribution in [0.3, 0.4) is 0 Å². The van der Waals surface area contributed by atoms with Crippen LogP contribution in [0.2, 0.25) is 0 Å². The van der Waals surface area contributed by atoms with Crippen LogP contribution in [-0.4, -0.2) is 43.4 Å². The molecule has 0 aliphatic heterocycles. The van der Waals surface area contributed by atoms with Crippen LogP contribution in [0.15, 0.2) is 84.4 Å². The Morgan fingerprint density at radius 2 is 1.94 bits per heavy atom. The maximum absolute atomic E-state index is 13.9. The van der Waals surface area contributed by atoms with Gasteiger partial charge in [-0.05, 0) is 48.9 Å². The zero-order valence-electron chi connectivity index (χ0n) is 17.7. The monoisotopic (exact) mass is 447 g/mol. The molecule has 4 aromatic rings. The van der Waals surface area contributed by atoms with E-state index in [0.717, 1.165) is 11.3 Å². The minimum atomic E-state index is -0.505. The molecule has 0 aliphatic rings. The van der Waals surface area contributed by atoms with Gasteiger partial charge in [0.25, 0.3) is 0 Å². The molecule has 0 saturated heterocycles. The number of carbonyl (C=O) groups excluding carboxylic acids is 1. The molecule has 0 spiro atoms. The Hall–Kier alpha value is -3.52. The summed E-state index contributed by atoms with van der Waals surface area (Å²) in [5, 5.41) is 8.78. The van der Waals surface area contributed by atoms with Crippen LogP contribution in [0.1, 0.15) is 22.9 Å². The van der Waals surface area contributed by atoms with E-state index in [1.165, 1.54) is 23.9 Å². The molecule has 0 aliphatic carbocycles. The van der Waals surface area contributed by atoms with Crippen LogP contribution in [0, 0.1) is 12.7 Å². The van der Waals surface area contributed by atoms with Crippen LogP contribution in [0.25, 0.3) is 5.69 Å². The number of rotatable bonds is 7. The summed E-state index contributed by atoms with van der Waals surface area (Å²) in [5.74, 6) is -0.335. The molecule has 6 nitrogen and oxygen atoms in total. The van der Waals surface area contributed by atoms with Crippen molar-refractivity contribution < 1.29 is 9.18 Å². The minimum absolute atomic E-state index is 0.131. The first-order chi connectivity index (χ1) is 15.5. The lowest BCUT2D eigenvalue weighted by molar-refractivity contribution is -0.128. The van der Waals surface area contributed by atoms with E-state index >= 15 is 0 Å². The average Bonchev–Trinajstić information content (AvgIpc) is 3.27. The van der Waals surface area contributed by atoms with Gasteiger partial charge in [-0.2, -0.15) is 0 Å². The summed E-state index contributed by atoms with van der Waals surface area (Å²) in [7, 11) is 1.71. The molecular weight excluding hydrogens is 425 g/mol. The van der Waals surface area contributed by atoms with Gasteiger partial charge in [-0.1, -0.05) is 47.7 Å². The van der Waals surface area contributed by atoms with Crippen molar-refractivity contribution in [3.63, 3.8) is 0 Å². The molecule has 1 atom stereocenters. The van der Waals surface area contributed by atoms with Crippen LogP contribution < -0.4 is 0 Å². The standard InChI is InChI=1S/C24H22FN5OS/c1-17-9-11-20(12-10-17)30-16-27-28-24(30)32-15-22(31)29(2)23(21-8-3-4-13-26-21)18-6-5-7-19(25)14-18/h3-14,16,23H,15H2,1-2H3/t23-/m0/s1. The molecule has 0 bridgehead atoms. The Balaban J connectivity index is 1.53. The zero-order chi connectivity index (χ0) is 22.5. The number of aryl methyl sites for hydroxylation is 1. The third kappa shape index (κ3) is 4.86. The molecule has 162 valence electrons. The van der Waals surface area contributed by atoms with Crippen molar-refractivity contribution in [3.05, 3.63) is 102 Å². The summed E-state index contributed by atoms with van der Waals surface area (Å²) < 4.78 is 15.8. The molecule has 2 heterocycles. The van der Waals surface area contributed by atoms with Crippen molar-refractivity contribution in [3.8, 4) is 5.69 Å². The molecule has 4 rings (SSSR count). The van der Waals surface area contributed by atoms with E-state index in [2.05, 4.69) is 15.2 Å². The molecular formula is C24H22FN5OS. The van der Waals surface area contributed by atoms with Gasteiger partial charge in [0.1, 0.15) is 12.1 Å². The number of hydrogen-bond acceptors (Lipinski definition) is 5. The highest BCUT2D eigenvalue weighted by molar-refractivity contribution is 7.99. The topological polar surface area (TPSA) is 63.9 Å². The molecule has 0 saturated carbocycles. The quantitative estimate of drug-likeness (QED) is 0.392. The van der Waals surface area contributed by atoms with E-state index < -0.39 is 6.04 Å². The highest BCUT2D eigenvalue weighted by Gasteiger charge is 2.25. The first-order valence-corrected chi connectivity index (χ1v) is 11.0. The lowest BCUT2D eigenvalue weighted by atomic mass is 10.0. The highest BCUT2D eigenvalue weighted by Crippen LogP contribution is 2.28. The number of aromatic nitrogens is 4. The van der Waals surface area contributed by atoms with Crippen LogP contribution >= 0.6 is 11.8 Å². The third-order valence-corrected chi connectivity index (χ3v) is 5.99. The number of carbonyl (C=O) groups is 1. The van der Waals surface area contributed by atoms with Crippen LogP contribution in [0.4, 0.5) is 4.39 Å². The van der Waals surface area contributed by atoms with E-state index in [1.54, 1.807) is 36.6 Å². The molecule has 32 heavy (non-hydrogen) atoms. The summed E-state index contributed by atoms with van der Waals surface area (Å²) in [5.41, 5.74) is 3.41. The molecule has 0 fully saturated rings. The van der Waals surface area contributed by atoms with Crippen molar-refractivity contribution in [2.24, 2.45) is 0 Å². The largest absolute Gasteiger partial charge is 0.332 e. The Morgan fingerprint density at radius 1 is 1.12 bits per heavy atom. The molecule has 1 amide bonds. The average molecular weight is 448 g/mol. The zero-order valence-corrected chi connectivity index (χ0v) is 18.5. The lowest BCUT2D eigenvalue weighted by Crippen LogP contribution is -2.33. The van der Waals surface area contributed by atoms with Gasteiger partial charge in [-0.25, -0.2) is 4.39 Å². The third-order valence-electron chi connectivity index (χ3n) is 5.07. The number of pyridine rings is 1. The number of hydrogen-bond donors (Lipinski definition) is 0. The van der Waals surface area contributed by atoms with Gasteiger partial charge in [0, 0.05) is 18.9 Å². The maximum atomic E-state index is 13.9. The predicted octanol–water partition coefficient (Wildman–Crippen LogP) is 4.45. The lowest BCUT2D eigenvalue weighted by Gasteiger charge is -2.28. The van der Waals surface area contributed by atoms with E-state index in [9.17, 15) is 9.18 Å². The first kappa shape index (κ1) is 21.7. The molecule has 8 heteroatoms. The number of thioether (sulfide) groups is 1. The number of amides is 1. The molecule has 0 N–H and O–H groups in total. The SMILES string of the molecule is Cc1ccc(-n2cnnc2SCC(=O)N(C)[C@@H](c2cccc(F)c2)c2ccccn2)cc1. The van der Waals surface area contributed by atoms with Crippen LogP contribution in [-0.2, 0) is 4.79 Å². The second-order valence-electron chi connectivity index (χ2n) is 7.32. The second-order valence-corrected chi connectivity index (χ2v) is 8.27. The summed E-state index contributed by atoms with van der Waals surface area (Å²) in [6.45, 7) is 2.02.